The Kier molecular flexibility index (Phi) is 5.22. The van der Waals surface area contributed by atoms with E-state index in [0.29, 0.717) is 0 Å². The molecule has 0 amide bonds. The molecular formula is C6H12OS. The number of hydrogen-bond acceptors (Lipinski definition) is 2. The van der Waals surface area contributed by atoms with Crippen molar-refractivity contribution >= 4 is 11.8 Å². The Bertz CT molecular complexity index is 63.5. The first-order chi connectivity index (χ1) is 3.81. The van der Waals surface area contributed by atoms with Crippen molar-refractivity contribution in [3.8, 4) is 0 Å². The van der Waals surface area contributed by atoms with Crippen LogP contribution in [0.3, 0.4) is 0 Å². The lowest BCUT2D eigenvalue weighted by atomic mass is 10.5. The molecule has 0 aliphatic rings. The summed E-state index contributed by atoms with van der Waals surface area (Å²) in [5.74, 6) is 0.842. The normalized spacial score (nSPS) is 13.2. The molecule has 0 fully saturated rings. The minimum absolute atomic E-state index is 0.201. The van der Waals surface area contributed by atoms with E-state index in [9.17, 15) is 0 Å². The third-order valence-corrected chi connectivity index (χ3v) is 1.90. The quantitative estimate of drug-likeness (QED) is 0.463. The average Bonchev–Trinajstić information content (AvgIpc) is 1.83. The van der Waals surface area contributed by atoms with Crippen molar-refractivity contribution in [3.63, 3.8) is 0 Å². The van der Waals surface area contributed by atoms with Gasteiger partial charge in [-0.1, -0.05) is 13.0 Å². The molecule has 1 N–H and O–H groups in total. The fourth-order valence-electron chi connectivity index (χ4n) is 0.297. The van der Waals surface area contributed by atoms with Gasteiger partial charge in [0.2, 0.25) is 0 Å². The maximum atomic E-state index is 8.90. The van der Waals surface area contributed by atoms with Crippen molar-refractivity contribution in [3.05, 3.63) is 12.7 Å². The van der Waals surface area contributed by atoms with E-state index in [0.717, 1.165) is 12.2 Å². The van der Waals surface area contributed by atoms with Crippen LogP contribution in [0, 0.1) is 0 Å². The molecule has 1 atom stereocenters. The van der Waals surface area contributed by atoms with Gasteiger partial charge < -0.3 is 5.11 Å². The molecule has 0 aromatic heterocycles. The van der Waals surface area contributed by atoms with Crippen molar-refractivity contribution in [1.29, 1.82) is 0 Å². The Morgan fingerprint density at radius 3 is 2.88 bits per heavy atom. The second-order valence-electron chi connectivity index (χ2n) is 1.48. The monoisotopic (exact) mass is 132 g/mol. The molecule has 0 saturated carbocycles. The van der Waals surface area contributed by atoms with Gasteiger partial charge in [0, 0.05) is 5.75 Å². The van der Waals surface area contributed by atoms with Gasteiger partial charge in [-0.05, 0) is 6.42 Å². The third-order valence-electron chi connectivity index (χ3n) is 0.756. The highest BCUT2D eigenvalue weighted by Gasteiger charge is 1.95. The summed E-state index contributed by atoms with van der Waals surface area (Å²) in [6, 6.07) is 0. The first kappa shape index (κ1) is 8.05. The van der Waals surface area contributed by atoms with E-state index >= 15 is 0 Å². The SMILES string of the molecule is C=CCSC(O)CC. The summed E-state index contributed by atoms with van der Waals surface area (Å²) in [6.45, 7) is 5.49. The van der Waals surface area contributed by atoms with Crippen molar-refractivity contribution < 1.29 is 5.11 Å². The van der Waals surface area contributed by atoms with Crippen molar-refractivity contribution in [2.24, 2.45) is 0 Å². The number of rotatable bonds is 4. The zero-order valence-corrected chi connectivity index (χ0v) is 5.95. The summed E-state index contributed by atoms with van der Waals surface area (Å²) < 4.78 is 0. The van der Waals surface area contributed by atoms with Gasteiger partial charge in [-0.25, -0.2) is 0 Å². The molecule has 0 radical (unpaired) electrons. The zero-order chi connectivity index (χ0) is 6.41. The molecule has 2 heteroatoms. The fraction of sp³-hybridized carbons (Fsp3) is 0.667. The van der Waals surface area contributed by atoms with Crippen LogP contribution < -0.4 is 0 Å². The molecule has 1 unspecified atom stereocenters. The van der Waals surface area contributed by atoms with E-state index in [1.165, 1.54) is 11.8 Å². The molecule has 0 aromatic rings. The molecule has 0 heterocycles. The van der Waals surface area contributed by atoms with Crippen LogP contribution in [0.1, 0.15) is 13.3 Å². The maximum Gasteiger partial charge on any atom is 0.0993 e. The first-order valence-corrected chi connectivity index (χ1v) is 3.76. The smallest absolute Gasteiger partial charge is 0.0993 e. The van der Waals surface area contributed by atoms with Gasteiger partial charge in [-0.3, -0.25) is 0 Å². The number of hydrogen-bond donors (Lipinski definition) is 1. The number of aliphatic hydroxyl groups excluding tert-OH is 1. The lowest BCUT2D eigenvalue weighted by Gasteiger charge is -2.02. The van der Waals surface area contributed by atoms with Crippen LogP contribution in [0.2, 0.25) is 0 Å². The van der Waals surface area contributed by atoms with Gasteiger partial charge in [0.15, 0.2) is 0 Å². The summed E-state index contributed by atoms with van der Waals surface area (Å²) >= 11 is 1.51. The van der Waals surface area contributed by atoms with E-state index in [1.807, 2.05) is 6.92 Å². The molecule has 48 valence electrons. The lowest BCUT2D eigenvalue weighted by Crippen LogP contribution is -1.97. The second-order valence-corrected chi connectivity index (χ2v) is 2.70. The summed E-state index contributed by atoms with van der Waals surface area (Å²) in [6.07, 6.45) is 2.61. The fourth-order valence-corrected chi connectivity index (χ4v) is 0.891. The predicted molar refractivity (Wildman–Crippen MR) is 39.0 cm³/mol. The van der Waals surface area contributed by atoms with Crippen LogP contribution in [0.5, 0.6) is 0 Å². The third kappa shape index (κ3) is 4.22. The molecular weight excluding hydrogens is 120 g/mol. The van der Waals surface area contributed by atoms with Gasteiger partial charge in [-0.15, -0.1) is 18.3 Å². The summed E-state index contributed by atoms with van der Waals surface area (Å²) in [4.78, 5) is 0. The Morgan fingerprint density at radius 1 is 1.88 bits per heavy atom. The molecule has 0 bridgehead atoms. The summed E-state index contributed by atoms with van der Waals surface area (Å²) in [5, 5.41) is 8.90. The summed E-state index contributed by atoms with van der Waals surface area (Å²) in [7, 11) is 0. The van der Waals surface area contributed by atoms with Crippen LogP contribution in [-0.2, 0) is 0 Å². The highest BCUT2D eigenvalue weighted by molar-refractivity contribution is 7.99. The molecule has 1 nitrogen and oxygen atoms in total. The van der Waals surface area contributed by atoms with E-state index < -0.39 is 0 Å². The predicted octanol–water partition coefficient (Wildman–Crippen LogP) is 1.63. The topological polar surface area (TPSA) is 20.2 Å². The van der Waals surface area contributed by atoms with Gasteiger partial charge in [0.1, 0.15) is 0 Å². The van der Waals surface area contributed by atoms with Crippen LogP contribution in [0.4, 0.5) is 0 Å². The van der Waals surface area contributed by atoms with Crippen LogP contribution in [-0.4, -0.2) is 16.3 Å². The van der Waals surface area contributed by atoms with Gasteiger partial charge in [0.25, 0.3) is 0 Å². The molecule has 0 saturated heterocycles. The van der Waals surface area contributed by atoms with E-state index in [1.54, 1.807) is 6.08 Å². The van der Waals surface area contributed by atoms with Crippen LogP contribution >= 0.6 is 11.8 Å². The first-order valence-electron chi connectivity index (χ1n) is 2.71. The van der Waals surface area contributed by atoms with E-state index in [-0.39, 0.29) is 5.44 Å². The molecule has 8 heavy (non-hydrogen) atoms. The summed E-state index contributed by atoms with van der Waals surface area (Å²) in [5.41, 5.74) is -0.201. The highest BCUT2D eigenvalue weighted by atomic mass is 32.2. The van der Waals surface area contributed by atoms with Gasteiger partial charge in [0.05, 0.1) is 5.44 Å². The lowest BCUT2D eigenvalue weighted by molar-refractivity contribution is 0.259. The second kappa shape index (κ2) is 5.19. The number of thioether (sulfide) groups is 1. The standard InChI is InChI=1S/C6H12OS/c1-3-5-8-6(7)4-2/h3,6-7H,1,4-5H2,2H3. The van der Waals surface area contributed by atoms with Crippen molar-refractivity contribution in [2.45, 2.75) is 18.8 Å². The highest BCUT2D eigenvalue weighted by Crippen LogP contribution is 2.09. The minimum Gasteiger partial charge on any atom is -0.382 e. The molecule has 0 aromatic carbocycles. The van der Waals surface area contributed by atoms with Crippen LogP contribution in [0.15, 0.2) is 12.7 Å². The maximum absolute atomic E-state index is 8.90. The average molecular weight is 132 g/mol. The molecule has 0 aliphatic carbocycles. The van der Waals surface area contributed by atoms with Crippen molar-refractivity contribution in [2.75, 3.05) is 5.75 Å². The zero-order valence-electron chi connectivity index (χ0n) is 5.13. The molecule has 0 spiro atoms. The largest absolute Gasteiger partial charge is 0.382 e. The van der Waals surface area contributed by atoms with Gasteiger partial charge >= 0.3 is 0 Å². The van der Waals surface area contributed by atoms with Crippen molar-refractivity contribution in [1.82, 2.24) is 0 Å². The molecule has 0 rings (SSSR count). The Hall–Kier alpha value is 0.0500. The van der Waals surface area contributed by atoms with Crippen LogP contribution in [0.25, 0.3) is 0 Å². The van der Waals surface area contributed by atoms with Gasteiger partial charge in [-0.2, -0.15) is 0 Å². The molecule has 0 aliphatic heterocycles. The van der Waals surface area contributed by atoms with E-state index in [4.69, 9.17) is 5.11 Å². The Morgan fingerprint density at radius 2 is 2.50 bits per heavy atom. The van der Waals surface area contributed by atoms with E-state index in [2.05, 4.69) is 6.58 Å². The minimum atomic E-state index is -0.201. The Balaban J connectivity index is 2.97. The number of aliphatic hydroxyl groups is 1. The Labute approximate surface area is 54.8 Å².